The first-order chi connectivity index (χ1) is 18.5. The highest BCUT2D eigenvalue weighted by molar-refractivity contribution is 7.92. The minimum Gasteiger partial charge on any atom is -0.497 e. The lowest BCUT2D eigenvalue weighted by Gasteiger charge is -2.32. The highest BCUT2D eigenvalue weighted by atomic mass is 32.2. The van der Waals surface area contributed by atoms with Gasteiger partial charge in [-0.25, -0.2) is 8.42 Å². The molecule has 8 nitrogen and oxygen atoms in total. The van der Waals surface area contributed by atoms with Gasteiger partial charge in [0.2, 0.25) is 11.8 Å². The Morgan fingerprint density at radius 1 is 0.897 bits per heavy atom. The van der Waals surface area contributed by atoms with E-state index in [2.05, 4.69) is 5.32 Å². The Morgan fingerprint density at radius 2 is 1.51 bits per heavy atom. The molecule has 0 saturated heterocycles. The summed E-state index contributed by atoms with van der Waals surface area (Å²) in [5.41, 5.74) is 2.18. The third kappa shape index (κ3) is 7.60. The third-order valence-electron chi connectivity index (χ3n) is 6.42. The van der Waals surface area contributed by atoms with Gasteiger partial charge in [0, 0.05) is 13.1 Å². The number of benzene rings is 3. The highest BCUT2D eigenvalue weighted by Gasteiger charge is 2.32. The molecule has 0 radical (unpaired) electrons. The van der Waals surface area contributed by atoms with E-state index in [0.717, 1.165) is 15.4 Å². The predicted molar refractivity (Wildman–Crippen MR) is 153 cm³/mol. The maximum absolute atomic E-state index is 13.9. The summed E-state index contributed by atoms with van der Waals surface area (Å²) in [6.45, 7) is 7.73. The van der Waals surface area contributed by atoms with Crippen LogP contribution in [0.1, 0.15) is 31.9 Å². The summed E-state index contributed by atoms with van der Waals surface area (Å²) in [6, 6.07) is 21.3. The van der Waals surface area contributed by atoms with Crippen LogP contribution >= 0.6 is 0 Å². The fraction of sp³-hybridized carbons (Fsp3) is 0.333. The number of anilines is 1. The number of methoxy groups -OCH3 is 1. The molecule has 0 aliphatic carbocycles. The SMILES string of the molecule is COc1ccc(S(=O)(=O)N(CC(=O)N(Cc2ccccc2C)[C@@H](C)C(=O)NCC(C)C)c2ccccc2)cc1. The van der Waals surface area contributed by atoms with Gasteiger partial charge in [-0.1, -0.05) is 56.3 Å². The molecular formula is C30H37N3O5S. The van der Waals surface area contributed by atoms with Gasteiger partial charge >= 0.3 is 0 Å². The van der Waals surface area contributed by atoms with Crippen LogP contribution in [0.3, 0.4) is 0 Å². The molecule has 3 aromatic rings. The van der Waals surface area contributed by atoms with Gasteiger partial charge in [-0.2, -0.15) is 0 Å². The van der Waals surface area contributed by atoms with Crippen LogP contribution in [0.2, 0.25) is 0 Å². The molecule has 0 bridgehead atoms. The first kappa shape index (κ1) is 29.7. The van der Waals surface area contributed by atoms with E-state index in [-0.39, 0.29) is 23.3 Å². The molecule has 3 rings (SSSR count). The second kappa shape index (κ2) is 13.3. The van der Waals surface area contributed by atoms with Gasteiger partial charge in [-0.15, -0.1) is 0 Å². The van der Waals surface area contributed by atoms with Gasteiger partial charge in [0.15, 0.2) is 0 Å². The molecule has 0 unspecified atom stereocenters. The van der Waals surface area contributed by atoms with Crippen molar-refractivity contribution in [2.75, 3.05) is 24.5 Å². The van der Waals surface area contributed by atoms with Crippen LogP contribution in [0.25, 0.3) is 0 Å². The van der Waals surface area contributed by atoms with Gasteiger partial charge in [-0.05, 0) is 67.3 Å². The Labute approximate surface area is 231 Å². The second-order valence-corrected chi connectivity index (χ2v) is 11.6. The molecule has 0 aliphatic heterocycles. The first-order valence-corrected chi connectivity index (χ1v) is 14.3. The number of rotatable bonds is 12. The number of carbonyl (C=O) groups is 2. The van der Waals surface area contributed by atoms with Crippen molar-refractivity contribution in [3.8, 4) is 5.75 Å². The monoisotopic (exact) mass is 551 g/mol. The first-order valence-electron chi connectivity index (χ1n) is 12.9. The van der Waals surface area contributed by atoms with Crippen molar-refractivity contribution in [1.29, 1.82) is 0 Å². The van der Waals surface area contributed by atoms with Crippen molar-refractivity contribution in [1.82, 2.24) is 10.2 Å². The number of ether oxygens (including phenoxy) is 1. The molecule has 9 heteroatoms. The Morgan fingerprint density at radius 3 is 2.10 bits per heavy atom. The number of nitrogens with zero attached hydrogens (tertiary/aromatic N) is 2. The number of amides is 2. The summed E-state index contributed by atoms with van der Waals surface area (Å²) in [5.74, 6) is -0.0342. The summed E-state index contributed by atoms with van der Waals surface area (Å²) in [4.78, 5) is 28.4. The molecule has 1 atom stereocenters. The molecular weight excluding hydrogens is 514 g/mol. The fourth-order valence-corrected chi connectivity index (χ4v) is 5.42. The summed E-state index contributed by atoms with van der Waals surface area (Å²) in [7, 11) is -2.63. The van der Waals surface area contributed by atoms with E-state index in [4.69, 9.17) is 4.74 Å². The van der Waals surface area contributed by atoms with E-state index in [0.29, 0.717) is 18.0 Å². The second-order valence-electron chi connectivity index (χ2n) is 9.79. The summed E-state index contributed by atoms with van der Waals surface area (Å²) in [5, 5.41) is 2.89. The Balaban J connectivity index is 1.99. The largest absolute Gasteiger partial charge is 0.497 e. The van der Waals surface area contributed by atoms with Crippen LogP contribution in [0.5, 0.6) is 5.75 Å². The molecule has 0 spiro atoms. The molecule has 1 N–H and O–H groups in total. The van der Waals surface area contributed by atoms with E-state index in [1.807, 2.05) is 45.0 Å². The standard InChI is InChI=1S/C30H37N3O5S/c1-22(2)19-31-30(35)24(4)32(20-25-12-10-9-11-23(25)3)29(34)21-33(26-13-7-6-8-14-26)39(36,37)28-17-15-27(38-5)16-18-28/h6-18,22,24H,19-21H2,1-5H3,(H,31,35)/t24-/m0/s1. The van der Waals surface area contributed by atoms with E-state index in [1.165, 1.54) is 24.1 Å². The molecule has 2 amide bonds. The average molecular weight is 552 g/mol. The van der Waals surface area contributed by atoms with Crippen LogP contribution in [0.4, 0.5) is 5.69 Å². The fourth-order valence-electron chi connectivity index (χ4n) is 4.00. The van der Waals surface area contributed by atoms with E-state index < -0.39 is 28.5 Å². The minimum absolute atomic E-state index is 0.0214. The van der Waals surface area contributed by atoms with Gasteiger partial charge in [0.1, 0.15) is 18.3 Å². The van der Waals surface area contributed by atoms with E-state index >= 15 is 0 Å². The number of nitrogens with one attached hydrogen (secondary N) is 1. The lowest BCUT2D eigenvalue weighted by Crippen LogP contribution is -2.51. The quantitative estimate of drug-likeness (QED) is 0.360. The molecule has 208 valence electrons. The summed E-state index contributed by atoms with van der Waals surface area (Å²) in [6.07, 6.45) is 0. The number of sulfonamides is 1. The molecule has 0 heterocycles. The van der Waals surface area contributed by atoms with Crippen molar-refractivity contribution < 1.29 is 22.7 Å². The molecule has 0 aromatic heterocycles. The van der Waals surface area contributed by atoms with Crippen molar-refractivity contribution >= 4 is 27.5 Å². The lowest BCUT2D eigenvalue weighted by atomic mass is 10.1. The zero-order valence-corrected chi connectivity index (χ0v) is 23.9. The Bertz CT molecular complexity index is 1360. The zero-order valence-electron chi connectivity index (χ0n) is 23.1. The molecule has 39 heavy (non-hydrogen) atoms. The zero-order chi connectivity index (χ0) is 28.6. The van der Waals surface area contributed by atoms with Crippen molar-refractivity contribution in [3.05, 3.63) is 90.0 Å². The van der Waals surface area contributed by atoms with Gasteiger partial charge in [-0.3, -0.25) is 13.9 Å². The van der Waals surface area contributed by atoms with E-state index in [1.54, 1.807) is 49.4 Å². The average Bonchev–Trinajstić information content (AvgIpc) is 2.94. The number of para-hydroxylation sites is 1. The Kier molecular flexibility index (Phi) is 10.1. The van der Waals surface area contributed by atoms with Crippen LogP contribution in [0, 0.1) is 12.8 Å². The summed E-state index contributed by atoms with van der Waals surface area (Å²) < 4.78 is 33.9. The van der Waals surface area contributed by atoms with Crippen LogP contribution in [-0.4, -0.2) is 51.4 Å². The normalized spacial score (nSPS) is 12.1. The van der Waals surface area contributed by atoms with Gasteiger partial charge in [0.25, 0.3) is 10.0 Å². The predicted octanol–water partition coefficient (Wildman–Crippen LogP) is 4.39. The van der Waals surface area contributed by atoms with Crippen molar-refractivity contribution in [3.63, 3.8) is 0 Å². The molecule has 0 saturated carbocycles. The van der Waals surface area contributed by atoms with Gasteiger partial charge in [0.05, 0.1) is 17.7 Å². The van der Waals surface area contributed by atoms with Crippen molar-refractivity contribution in [2.45, 2.75) is 45.2 Å². The van der Waals surface area contributed by atoms with Crippen LogP contribution < -0.4 is 14.4 Å². The minimum atomic E-state index is -4.13. The maximum Gasteiger partial charge on any atom is 0.264 e. The number of carbonyl (C=O) groups excluding carboxylic acids is 2. The van der Waals surface area contributed by atoms with Gasteiger partial charge < -0.3 is 15.0 Å². The number of hydrogen-bond acceptors (Lipinski definition) is 5. The molecule has 0 aliphatic rings. The van der Waals surface area contributed by atoms with Crippen LogP contribution in [-0.2, 0) is 26.2 Å². The Hall–Kier alpha value is -3.85. The lowest BCUT2D eigenvalue weighted by molar-refractivity contribution is -0.139. The highest BCUT2D eigenvalue weighted by Crippen LogP contribution is 2.26. The number of hydrogen-bond donors (Lipinski definition) is 1. The molecule has 3 aromatic carbocycles. The topological polar surface area (TPSA) is 96.0 Å². The number of aryl methyl sites for hydroxylation is 1. The third-order valence-corrected chi connectivity index (χ3v) is 8.21. The maximum atomic E-state index is 13.9. The van der Waals surface area contributed by atoms with Crippen molar-refractivity contribution in [2.24, 2.45) is 5.92 Å². The van der Waals surface area contributed by atoms with E-state index in [9.17, 15) is 18.0 Å². The molecule has 0 fully saturated rings. The van der Waals surface area contributed by atoms with Crippen LogP contribution in [0.15, 0.2) is 83.8 Å². The smallest absolute Gasteiger partial charge is 0.264 e. The summed E-state index contributed by atoms with van der Waals surface area (Å²) >= 11 is 0.